The van der Waals surface area contributed by atoms with Crippen LogP contribution in [0.4, 0.5) is 17.1 Å². The molecule has 0 aromatic heterocycles. The van der Waals surface area contributed by atoms with Gasteiger partial charge in [0.2, 0.25) is 0 Å². The van der Waals surface area contributed by atoms with Crippen LogP contribution in [-0.4, -0.2) is 11.8 Å². The van der Waals surface area contributed by atoms with Gasteiger partial charge in [0.25, 0.3) is 11.8 Å². The first-order chi connectivity index (χ1) is 23.0. The van der Waals surface area contributed by atoms with E-state index in [0.29, 0.717) is 16.9 Å². The molecule has 0 radical (unpaired) electrons. The molecule has 0 aliphatic rings. The summed E-state index contributed by atoms with van der Waals surface area (Å²) in [6.45, 7) is 0. The lowest BCUT2D eigenvalue weighted by molar-refractivity contribution is 0.101. The number of benzene rings is 7. The number of anilines is 3. The van der Waals surface area contributed by atoms with E-state index in [4.69, 9.17) is 5.73 Å². The first-order valence-electron chi connectivity index (χ1n) is 15.2. The molecule has 0 fully saturated rings. The van der Waals surface area contributed by atoms with Crippen molar-refractivity contribution in [2.24, 2.45) is 0 Å². The minimum Gasteiger partial charge on any atom is -0.398 e. The average Bonchev–Trinajstić information content (AvgIpc) is 3.10. The molecule has 224 valence electrons. The molecule has 0 bridgehead atoms. The van der Waals surface area contributed by atoms with Gasteiger partial charge in [0, 0.05) is 33.8 Å². The summed E-state index contributed by atoms with van der Waals surface area (Å²) >= 11 is 0. The van der Waals surface area contributed by atoms with Gasteiger partial charge < -0.3 is 16.4 Å². The molecule has 0 spiro atoms. The van der Waals surface area contributed by atoms with Gasteiger partial charge >= 0.3 is 0 Å². The largest absolute Gasteiger partial charge is 0.398 e. The van der Waals surface area contributed by atoms with E-state index in [1.165, 1.54) is 6.07 Å². The summed E-state index contributed by atoms with van der Waals surface area (Å²) in [6.07, 6.45) is 0. The Balaban J connectivity index is 1.04. The highest BCUT2D eigenvalue weighted by Gasteiger charge is 2.15. The number of carbonyl (C=O) groups is 2. The minimum absolute atomic E-state index is 0.201. The number of nitrogen functional groups attached to an aromatic ring is 1. The fraction of sp³-hybridized carbons (Fsp3) is 0. The van der Waals surface area contributed by atoms with E-state index in [0.717, 1.165) is 43.8 Å². The minimum atomic E-state index is -0.378. The zero-order valence-electron chi connectivity index (χ0n) is 25.3. The van der Waals surface area contributed by atoms with E-state index in [1.807, 2.05) is 84.9 Å². The second-order valence-electron chi connectivity index (χ2n) is 11.2. The summed E-state index contributed by atoms with van der Waals surface area (Å²) in [5, 5.41) is 10.4. The number of fused-ring (bicyclic) bond motifs is 2. The van der Waals surface area contributed by atoms with E-state index in [1.54, 1.807) is 18.2 Å². The van der Waals surface area contributed by atoms with Gasteiger partial charge in [-0.3, -0.25) is 9.59 Å². The SMILES string of the molecule is Nc1cc(C(=O)Nc2cccc(-c3cccc4ccccc34)c2)ccc1C(=O)Nc1cccc(C#Cc2cccc3ccccc23)c1. The van der Waals surface area contributed by atoms with Gasteiger partial charge in [-0.2, -0.15) is 0 Å². The number of amides is 2. The second-order valence-corrected chi connectivity index (χ2v) is 11.2. The number of hydrogen-bond donors (Lipinski definition) is 3. The van der Waals surface area contributed by atoms with Crippen LogP contribution in [-0.2, 0) is 0 Å². The highest BCUT2D eigenvalue weighted by Crippen LogP contribution is 2.30. The van der Waals surface area contributed by atoms with Crippen LogP contribution < -0.4 is 16.4 Å². The molecule has 2 amide bonds. The molecule has 0 saturated heterocycles. The summed E-state index contributed by atoms with van der Waals surface area (Å²) in [5.74, 6) is 5.76. The molecule has 0 aliphatic carbocycles. The zero-order chi connectivity index (χ0) is 32.2. The zero-order valence-corrected chi connectivity index (χ0v) is 25.3. The van der Waals surface area contributed by atoms with Gasteiger partial charge in [-0.05, 0) is 87.3 Å². The highest BCUT2D eigenvalue weighted by molar-refractivity contribution is 6.10. The Morgan fingerprint density at radius 2 is 1.17 bits per heavy atom. The van der Waals surface area contributed by atoms with Crippen molar-refractivity contribution in [2.45, 2.75) is 0 Å². The Morgan fingerprint density at radius 3 is 1.98 bits per heavy atom. The number of rotatable bonds is 5. The van der Waals surface area contributed by atoms with Crippen LogP contribution in [0.5, 0.6) is 0 Å². The average molecular weight is 608 g/mol. The molecular formula is C42H29N3O2. The monoisotopic (exact) mass is 607 g/mol. The number of nitrogens with one attached hydrogen (secondary N) is 2. The Morgan fingerprint density at radius 1 is 0.532 bits per heavy atom. The Kier molecular flexibility index (Phi) is 7.90. The van der Waals surface area contributed by atoms with Crippen molar-refractivity contribution in [3.8, 4) is 23.0 Å². The van der Waals surface area contributed by atoms with Crippen molar-refractivity contribution in [1.29, 1.82) is 0 Å². The highest BCUT2D eigenvalue weighted by atomic mass is 16.2. The molecular weight excluding hydrogens is 578 g/mol. The lowest BCUT2D eigenvalue weighted by atomic mass is 9.98. The third kappa shape index (κ3) is 6.30. The number of nitrogens with two attached hydrogens (primary N) is 1. The van der Waals surface area contributed by atoms with Crippen molar-refractivity contribution in [1.82, 2.24) is 0 Å². The van der Waals surface area contributed by atoms with E-state index < -0.39 is 0 Å². The van der Waals surface area contributed by atoms with E-state index >= 15 is 0 Å². The first-order valence-corrected chi connectivity index (χ1v) is 15.2. The lowest BCUT2D eigenvalue weighted by Gasteiger charge is -2.12. The topological polar surface area (TPSA) is 84.2 Å². The van der Waals surface area contributed by atoms with E-state index in [9.17, 15) is 9.59 Å². The fourth-order valence-corrected chi connectivity index (χ4v) is 5.70. The van der Waals surface area contributed by atoms with Crippen LogP contribution in [0.15, 0.2) is 152 Å². The maximum Gasteiger partial charge on any atom is 0.257 e. The lowest BCUT2D eigenvalue weighted by Crippen LogP contribution is -2.16. The molecule has 5 nitrogen and oxygen atoms in total. The third-order valence-corrected chi connectivity index (χ3v) is 8.03. The van der Waals surface area contributed by atoms with Crippen molar-refractivity contribution in [3.63, 3.8) is 0 Å². The quantitative estimate of drug-likeness (QED) is 0.135. The molecule has 0 heterocycles. The first kappa shape index (κ1) is 29.1. The molecule has 0 aliphatic heterocycles. The summed E-state index contributed by atoms with van der Waals surface area (Å²) in [6, 6.07) is 48.4. The smallest absolute Gasteiger partial charge is 0.257 e. The van der Waals surface area contributed by atoms with Gasteiger partial charge in [0.15, 0.2) is 0 Å². The molecule has 7 aromatic carbocycles. The van der Waals surface area contributed by atoms with Crippen LogP contribution in [0.1, 0.15) is 31.8 Å². The molecule has 0 atom stereocenters. The maximum absolute atomic E-state index is 13.2. The van der Waals surface area contributed by atoms with Crippen molar-refractivity contribution in [2.75, 3.05) is 16.4 Å². The van der Waals surface area contributed by atoms with Crippen LogP contribution >= 0.6 is 0 Å². The van der Waals surface area contributed by atoms with E-state index in [2.05, 4.69) is 64.9 Å². The maximum atomic E-state index is 13.2. The summed E-state index contributed by atoms with van der Waals surface area (Å²) in [5.41, 5.74) is 12.1. The normalized spacial score (nSPS) is 10.6. The third-order valence-electron chi connectivity index (χ3n) is 8.03. The Hall–Kier alpha value is -6.64. The summed E-state index contributed by atoms with van der Waals surface area (Å²) < 4.78 is 0. The van der Waals surface area contributed by atoms with Crippen LogP contribution in [0.25, 0.3) is 32.7 Å². The molecule has 4 N–H and O–H groups in total. The predicted molar refractivity (Wildman–Crippen MR) is 193 cm³/mol. The van der Waals surface area contributed by atoms with Crippen molar-refractivity contribution < 1.29 is 9.59 Å². The number of hydrogen-bond acceptors (Lipinski definition) is 3. The van der Waals surface area contributed by atoms with Crippen LogP contribution in [0, 0.1) is 11.8 Å². The molecule has 7 aromatic rings. The van der Waals surface area contributed by atoms with Gasteiger partial charge in [0.05, 0.1) is 5.56 Å². The molecule has 0 saturated carbocycles. The van der Waals surface area contributed by atoms with Gasteiger partial charge in [0.1, 0.15) is 0 Å². The Bertz CT molecular complexity index is 2370. The number of carbonyl (C=O) groups excluding carboxylic acids is 2. The van der Waals surface area contributed by atoms with Crippen LogP contribution in [0.3, 0.4) is 0 Å². The molecule has 7 rings (SSSR count). The van der Waals surface area contributed by atoms with E-state index in [-0.39, 0.29) is 23.1 Å². The molecule has 5 heteroatoms. The van der Waals surface area contributed by atoms with Gasteiger partial charge in [-0.25, -0.2) is 0 Å². The van der Waals surface area contributed by atoms with Crippen LogP contribution in [0.2, 0.25) is 0 Å². The summed E-state index contributed by atoms with van der Waals surface area (Å²) in [4.78, 5) is 26.4. The predicted octanol–water partition coefficient (Wildman–Crippen LogP) is 9.15. The second kappa shape index (κ2) is 12.8. The Labute approximate surface area is 272 Å². The standard InChI is InChI=1S/C42H29N3O2/c43-40-27-33(41(46)44-35-17-7-15-32(26-35)38-20-8-14-30-11-2-4-19-37(30)38)23-24-39(40)42(47)45-34-16-5-9-28(25-34)21-22-31-13-6-12-29-10-1-3-18-36(29)31/h1-20,23-27H,43H2,(H,44,46)(H,45,47). The molecule has 0 unspecified atom stereocenters. The molecule has 47 heavy (non-hydrogen) atoms. The summed E-state index contributed by atoms with van der Waals surface area (Å²) in [7, 11) is 0. The van der Waals surface area contributed by atoms with Gasteiger partial charge in [-0.1, -0.05) is 109 Å². The van der Waals surface area contributed by atoms with Gasteiger partial charge in [-0.15, -0.1) is 0 Å². The van der Waals surface area contributed by atoms with Crippen molar-refractivity contribution >= 4 is 50.4 Å². The fourth-order valence-electron chi connectivity index (χ4n) is 5.70. The van der Waals surface area contributed by atoms with Crippen molar-refractivity contribution in [3.05, 3.63) is 174 Å².